The van der Waals surface area contributed by atoms with Gasteiger partial charge in [-0.15, -0.1) is 0 Å². The maximum Gasteiger partial charge on any atom is 0.326 e. The second-order valence-corrected chi connectivity index (χ2v) is 7.56. The van der Waals surface area contributed by atoms with Crippen molar-refractivity contribution in [3.8, 4) is 0 Å². The number of rotatable bonds is 3. The van der Waals surface area contributed by atoms with Gasteiger partial charge in [0, 0.05) is 25.0 Å². The fraction of sp³-hybridized carbons (Fsp3) is 0.632. The van der Waals surface area contributed by atoms with Crippen molar-refractivity contribution in [1.29, 1.82) is 0 Å². The van der Waals surface area contributed by atoms with E-state index in [4.69, 9.17) is 0 Å². The van der Waals surface area contributed by atoms with E-state index in [2.05, 4.69) is 21.3 Å². The number of aromatic nitrogens is 1. The molecule has 1 N–H and O–H groups in total. The van der Waals surface area contributed by atoms with Crippen LogP contribution in [0.1, 0.15) is 63.0 Å². The Balaban J connectivity index is 1.50. The molecule has 1 saturated carbocycles. The Labute approximate surface area is 148 Å². The van der Waals surface area contributed by atoms with E-state index in [1.165, 1.54) is 4.90 Å². The van der Waals surface area contributed by atoms with E-state index in [1.54, 1.807) is 6.20 Å². The van der Waals surface area contributed by atoms with Gasteiger partial charge in [-0.05, 0) is 37.3 Å². The lowest BCUT2D eigenvalue weighted by molar-refractivity contribution is -0.133. The third kappa shape index (κ3) is 3.03. The molecule has 3 heterocycles. The predicted molar refractivity (Wildman–Crippen MR) is 93.6 cm³/mol. The molecule has 2 saturated heterocycles. The molecule has 3 aliphatic rings. The van der Waals surface area contributed by atoms with Gasteiger partial charge in [0.25, 0.3) is 5.91 Å². The normalized spacial score (nSPS) is 26.9. The molecule has 6 heteroatoms. The number of nitrogens with one attached hydrogen (secondary N) is 1. The van der Waals surface area contributed by atoms with Crippen LogP contribution in [0.15, 0.2) is 24.5 Å². The number of pyridine rings is 1. The van der Waals surface area contributed by atoms with Gasteiger partial charge in [-0.2, -0.15) is 0 Å². The lowest BCUT2D eigenvalue weighted by Gasteiger charge is -2.29. The van der Waals surface area contributed by atoms with Gasteiger partial charge in [0.2, 0.25) is 0 Å². The van der Waals surface area contributed by atoms with Crippen LogP contribution in [0.2, 0.25) is 0 Å². The zero-order valence-electron chi connectivity index (χ0n) is 14.6. The van der Waals surface area contributed by atoms with E-state index >= 15 is 0 Å². The van der Waals surface area contributed by atoms with Crippen LogP contribution in [0.5, 0.6) is 0 Å². The van der Waals surface area contributed by atoms with Crippen molar-refractivity contribution >= 4 is 11.9 Å². The minimum absolute atomic E-state index is 0.0174. The highest BCUT2D eigenvalue weighted by atomic mass is 16.2. The predicted octanol–water partition coefficient (Wildman–Crippen LogP) is 2.82. The van der Waals surface area contributed by atoms with E-state index in [1.807, 2.05) is 12.3 Å². The van der Waals surface area contributed by atoms with Gasteiger partial charge in [-0.3, -0.25) is 14.7 Å². The average Bonchev–Trinajstić information content (AvgIpc) is 3.08. The average molecular weight is 342 g/mol. The molecule has 134 valence electrons. The maximum atomic E-state index is 13.1. The molecule has 6 nitrogen and oxygen atoms in total. The molecule has 1 unspecified atom stereocenters. The highest BCUT2D eigenvalue weighted by Gasteiger charge is 2.51. The Morgan fingerprint density at radius 1 is 1.16 bits per heavy atom. The molecule has 0 aromatic carbocycles. The summed E-state index contributed by atoms with van der Waals surface area (Å²) < 4.78 is 0. The van der Waals surface area contributed by atoms with E-state index in [-0.39, 0.29) is 18.0 Å². The summed E-state index contributed by atoms with van der Waals surface area (Å²) in [5.74, 6) is -0.0174. The summed E-state index contributed by atoms with van der Waals surface area (Å²) in [6.45, 7) is 1.29. The highest BCUT2D eigenvalue weighted by Crippen LogP contribution is 2.35. The molecule has 3 fully saturated rings. The largest absolute Gasteiger partial charge is 0.326 e. The van der Waals surface area contributed by atoms with E-state index < -0.39 is 5.54 Å². The van der Waals surface area contributed by atoms with Crippen molar-refractivity contribution in [3.63, 3.8) is 0 Å². The number of amides is 3. The molecule has 1 atom stereocenters. The molecule has 2 aliphatic heterocycles. The number of nitrogens with zero attached hydrogens (tertiary/aromatic N) is 3. The van der Waals surface area contributed by atoms with Crippen LogP contribution in [0.4, 0.5) is 4.79 Å². The minimum Gasteiger partial charge on any atom is -0.323 e. The molecule has 1 spiro atoms. The summed E-state index contributed by atoms with van der Waals surface area (Å²) in [4.78, 5) is 33.5. The summed E-state index contributed by atoms with van der Waals surface area (Å²) in [5, 5.41) is 3.04. The second-order valence-electron chi connectivity index (χ2n) is 7.56. The first-order valence-corrected chi connectivity index (χ1v) is 9.48. The molecular weight excluding hydrogens is 316 g/mol. The lowest BCUT2D eigenvalue weighted by atomic mass is 9.90. The number of carbonyl (C=O) groups is 2. The fourth-order valence-corrected chi connectivity index (χ4v) is 4.60. The smallest absolute Gasteiger partial charge is 0.323 e. The molecule has 1 aromatic heterocycles. The highest BCUT2D eigenvalue weighted by molar-refractivity contribution is 6.07. The Morgan fingerprint density at radius 3 is 2.68 bits per heavy atom. The summed E-state index contributed by atoms with van der Waals surface area (Å²) in [5.41, 5.74) is 0.521. The third-order valence-electron chi connectivity index (χ3n) is 5.96. The summed E-state index contributed by atoms with van der Waals surface area (Å²) in [6, 6.07) is 4.04. The van der Waals surface area contributed by atoms with Gasteiger partial charge >= 0.3 is 6.03 Å². The molecule has 4 rings (SSSR count). The first-order chi connectivity index (χ1) is 12.2. The van der Waals surface area contributed by atoms with Gasteiger partial charge in [0.15, 0.2) is 0 Å². The van der Waals surface area contributed by atoms with Gasteiger partial charge < -0.3 is 5.32 Å². The van der Waals surface area contributed by atoms with Crippen molar-refractivity contribution in [2.45, 2.75) is 62.9 Å². The van der Waals surface area contributed by atoms with Crippen LogP contribution in [0.25, 0.3) is 0 Å². The number of hydrogen-bond donors (Lipinski definition) is 1. The van der Waals surface area contributed by atoms with Crippen molar-refractivity contribution in [2.24, 2.45) is 0 Å². The molecule has 1 aliphatic carbocycles. The molecule has 1 aromatic rings. The van der Waals surface area contributed by atoms with Crippen LogP contribution < -0.4 is 5.32 Å². The lowest BCUT2D eigenvalue weighted by Crippen LogP contribution is -2.47. The van der Waals surface area contributed by atoms with E-state index in [0.717, 1.165) is 63.5 Å². The second kappa shape index (κ2) is 6.75. The molecule has 0 radical (unpaired) electrons. The monoisotopic (exact) mass is 342 g/mol. The topological polar surface area (TPSA) is 65.5 Å². The zero-order chi connectivity index (χ0) is 17.3. The maximum absolute atomic E-state index is 13.1. The van der Waals surface area contributed by atoms with Crippen LogP contribution in [0.3, 0.4) is 0 Å². The molecule has 3 amide bonds. The first-order valence-electron chi connectivity index (χ1n) is 9.48. The van der Waals surface area contributed by atoms with Gasteiger partial charge in [-0.25, -0.2) is 9.69 Å². The number of imide groups is 1. The number of carbonyl (C=O) groups excluding carboxylic acids is 2. The minimum atomic E-state index is -0.642. The van der Waals surface area contributed by atoms with E-state index in [0.29, 0.717) is 6.67 Å². The van der Waals surface area contributed by atoms with Gasteiger partial charge in [-0.1, -0.05) is 31.7 Å². The quantitative estimate of drug-likeness (QED) is 0.858. The van der Waals surface area contributed by atoms with Crippen molar-refractivity contribution < 1.29 is 9.59 Å². The van der Waals surface area contributed by atoms with Crippen molar-refractivity contribution in [3.05, 3.63) is 30.1 Å². The summed E-state index contributed by atoms with van der Waals surface area (Å²) in [7, 11) is 0. The first kappa shape index (κ1) is 16.5. The summed E-state index contributed by atoms with van der Waals surface area (Å²) in [6.07, 6.45) is 11.7. The Kier molecular flexibility index (Phi) is 4.46. The van der Waals surface area contributed by atoms with Crippen LogP contribution in [-0.2, 0) is 4.79 Å². The fourth-order valence-electron chi connectivity index (χ4n) is 4.60. The molecule has 25 heavy (non-hydrogen) atoms. The number of hydrogen-bond acceptors (Lipinski definition) is 4. The Morgan fingerprint density at radius 2 is 1.96 bits per heavy atom. The SMILES string of the molecule is O=C1NC2(CCCCCC2)C(=O)N1CN1CCCC1c1cccnc1. The van der Waals surface area contributed by atoms with E-state index in [9.17, 15) is 9.59 Å². The number of urea groups is 1. The molecule has 0 bridgehead atoms. The number of likely N-dealkylation sites (tertiary alicyclic amines) is 1. The summed E-state index contributed by atoms with van der Waals surface area (Å²) >= 11 is 0. The Bertz CT molecular complexity index is 640. The van der Waals surface area contributed by atoms with Crippen LogP contribution >= 0.6 is 0 Å². The molecular formula is C19H26N4O2. The van der Waals surface area contributed by atoms with Crippen LogP contribution in [-0.4, -0.2) is 45.5 Å². The van der Waals surface area contributed by atoms with Crippen LogP contribution in [0, 0.1) is 0 Å². The standard InChI is InChI=1S/C19H26N4O2/c24-17-19(9-3-1-2-4-10-19)21-18(25)23(17)14-22-12-6-8-16(22)15-7-5-11-20-13-15/h5,7,11,13,16H,1-4,6,8-10,12,14H2,(H,21,25). The third-order valence-corrected chi connectivity index (χ3v) is 5.96. The Hall–Kier alpha value is -1.95. The van der Waals surface area contributed by atoms with Gasteiger partial charge in [0.1, 0.15) is 5.54 Å². The van der Waals surface area contributed by atoms with Crippen molar-refractivity contribution in [1.82, 2.24) is 20.1 Å². The zero-order valence-corrected chi connectivity index (χ0v) is 14.6. The van der Waals surface area contributed by atoms with Crippen molar-refractivity contribution in [2.75, 3.05) is 13.2 Å². The van der Waals surface area contributed by atoms with Gasteiger partial charge in [0.05, 0.1) is 6.67 Å².